The molecule has 0 bridgehead atoms. The van der Waals surface area contributed by atoms with Gasteiger partial charge in [0.2, 0.25) is 0 Å². The van der Waals surface area contributed by atoms with Gasteiger partial charge in [-0.1, -0.05) is 0 Å². The number of amides is 1. The summed E-state index contributed by atoms with van der Waals surface area (Å²) < 4.78 is 27.8. The van der Waals surface area contributed by atoms with Crippen molar-refractivity contribution in [2.24, 2.45) is 5.73 Å². The first-order valence-electron chi connectivity index (χ1n) is 14.9. The average Bonchev–Trinajstić information content (AvgIpc) is 3.71. The maximum absolute atomic E-state index is 14.4. The van der Waals surface area contributed by atoms with E-state index in [-0.39, 0.29) is 23.6 Å². The Morgan fingerprint density at radius 2 is 2.00 bits per heavy atom. The summed E-state index contributed by atoms with van der Waals surface area (Å²) >= 11 is 0. The molecule has 2 aliphatic rings. The lowest BCUT2D eigenvalue weighted by Gasteiger charge is -2.34. The second-order valence-corrected chi connectivity index (χ2v) is 11.1. The first-order valence-corrected chi connectivity index (χ1v) is 14.9. The zero-order valence-corrected chi connectivity index (χ0v) is 24.1. The molecule has 228 valence electrons. The van der Waals surface area contributed by atoms with E-state index in [1.165, 1.54) is 12.1 Å². The number of nitrogens with zero attached hydrogens (tertiary/aromatic N) is 6. The van der Waals surface area contributed by atoms with Gasteiger partial charge in [-0.2, -0.15) is 5.10 Å². The van der Waals surface area contributed by atoms with Crippen LogP contribution in [0.25, 0.3) is 22.3 Å². The number of nitrogens with one attached hydrogen (secondary N) is 2. The van der Waals surface area contributed by atoms with Crippen molar-refractivity contribution in [2.45, 2.75) is 25.0 Å². The number of aromatic amines is 1. The minimum atomic E-state index is -0.489. The normalized spacial score (nSPS) is 17.7. The van der Waals surface area contributed by atoms with Crippen LogP contribution in [-0.2, 0) is 4.74 Å². The van der Waals surface area contributed by atoms with Crippen molar-refractivity contribution in [1.29, 1.82) is 0 Å². The summed E-state index contributed by atoms with van der Waals surface area (Å²) in [5, 5.41) is 8.44. The van der Waals surface area contributed by atoms with Gasteiger partial charge in [0.05, 0.1) is 31.1 Å². The summed E-state index contributed by atoms with van der Waals surface area (Å²) in [6.07, 6.45) is 8.70. The molecule has 0 aliphatic carbocycles. The maximum atomic E-state index is 14.4. The summed E-state index contributed by atoms with van der Waals surface area (Å²) in [5.41, 5.74) is 8.97. The zero-order chi connectivity index (χ0) is 29.6. The van der Waals surface area contributed by atoms with Crippen molar-refractivity contribution in [2.75, 3.05) is 65.6 Å². The van der Waals surface area contributed by atoms with Gasteiger partial charge in [0.15, 0.2) is 0 Å². The maximum Gasteiger partial charge on any atom is 0.251 e. The Labute approximate surface area is 249 Å². The Kier molecular flexibility index (Phi) is 9.22. The number of H-pyrrole nitrogens is 1. The fourth-order valence-corrected chi connectivity index (χ4v) is 5.75. The molecule has 1 aromatic carbocycles. The Hall–Kier alpha value is -3.91. The van der Waals surface area contributed by atoms with Crippen LogP contribution in [0.2, 0.25) is 0 Å². The average molecular weight is 592 g/mol. The van der Waals surface area contributed by atoms with Crippen LogP contribution in [0.15, 0.2) is 49.2 Å². The molecular weight excluding hydrogens is 553 g/mol. The van der Waals surface area contributed by atoms with Crippen molar-refractivity contribution < 1.29 is 18.7 Å². The predicted molar refractivity (Wildman–Crippen MR) is 159 cm³/mol. The van der Waals surface area contributed by atoms with Crippen LogP contribution in [0.1, 0.15) is 29.2 Å². The number of carbonyl (C=O) groups excluding carboxylic acids is 1. The molecule has 2 saturated heterocycles. The molecule has 0 saturated carbocycles. The molecule has 1 atom stereocenters. The van der Waals surface area contributed by atoms with Crippen molar-refractivity contribution in [3.63, 3.8) is 0 Å². The summed E-state index contributed by atoms with van der Waals surface area (Å²) in [4.78, 5) is 29.1. The Morgan fingerprint density at radius 3 is 2.81 bits per heavy atom. The number of halogens is 1. The molecule has 4 N–H and O–H groups in total. The van der Waals surface area contributed by atoms with Crippen molar-refractivity contribution in [3.05, 3.63) is 60.6 Å². The quantitative estimate of drug-likeness (QED) is 0.239. The van der Waals surface area contributed by atoms with Crippen molar-refractivity contribution >= 4 is 16.9 Å². The monoisotopic (exact) mass is 591 g/mol. The Morgan fingerprint density at radius 1 is 1.16 bits per heavy atom. The third kappa shape index (κ3) is 7.19. The summed E-state index contributed by atoms with van der Waals surface area (Å²) in [6.45, 7) is 7.17. The van der Waals surface area contributed by atoms with Gasteiger partial charge in [-0.25, -0.2) is 14.4 Å². The van der Waals surface area contributed by atoms with Crippen LogP contribution >= 0.6 is 0 Å². The van der Waals surface area contributed by atoms with E-state index in [1.807, 2.05) is 29.3 Å². The number of rotatable bonds is 11. The topological polar surface area (TPSA) is 139 Å². The van der Waals surface area contributed by atoms with Crippen LogP contribution in [0.3, 0.4) is 0 Å². The van der Waals surface area contributed by atoms with Crippen molar-refractivity contribution in [3.8, 4) is 17.0 Å². The van der Waals surface area contributed by atoms with Gasteiger partial charge in [-0.05, 0) is 31.0 Å². The second kappa shape index (κ2) is 13.6. The van der Waals surface area contributed by atoms with E-state index in [2.05, 4.69) is 35.2 Å². The molecule has 1 unspecified atom stereocenters. The standard InChI is InChI=1S/C30H38FN9O3/c31-23-13-21(30(41)34-5-8-38-9-11-42-12-10-38)14-26(15-23)43-25-2-6-39(7-3-25)19-24(16-32)40-18-22(17-37-40)28-27-1-4-33-29(27)36-20-35-28/h1,4,13-15,17-18,20,24-25H,2-3,5-12,16,19,32H2,(H,34,41)(H,33,35,36). The van der Waals surface area contributed by atoms with Gasteiger partial charge in [0.1, 0.15) is 29.6 Å². The number of benzene rings is 1. The molecule has 0 radical (unpaired) electrons. The summed E-state index contributed by atoms with van der Waals surface area (Å²) in [6, 6.07) is 6.18. The van der Waals surface area contributed by atoms with E-state index in [1.54, 1.807) is 12.4 Å². The number of hydrogen-bond donors (Lipinski definition) is 3. The summed E-state index contributed by atoms with van der Waals surface area (Å²) in [7, 11) is 0. The number of ether oxygens (including phenoxy) is 2. The zero-order valence-electron chi connectivity index (χ0n) is 24.1. The van der Waals surface area contributed by atoms with Gasteiger partial charge < -0.3 is 30.4 Å². The lowest BCUT2D eigenvalue weighted by molar-refractivity contribution is 0.0383. The molecular formula is C30H38FN9O3. The van der Waals surface area contributed by atoms with Crippen LogP contribution in [-0.4, -0.2) is 112 Å². The molecule has 5 heterocycles. The third-order valence-electron chi connectivity index (χ3n) is 8.13. The molecule has 3 aromatic heterocycles. The van der Waals surface area contributed by atoms with E-state index in [0.717, 1.165) is 74.4 Å². The third-order valence-corrected chi connectivity index (χ3v) is 8.13. The molecule has 2 aliphatic heterocycles. The minimum absolute atomic E-state index is 0.00214. The number of piperidine rings is 1. The van der Waals surface area contributed by atoms with Crippen LogP contribution in [0, 0.1) is 5.82 Å². The predicted octanol–water partition coefficient (Wildman–Crippen LogP) is 2.07. The Balaban J connectivity index is 0.997. The first kappa shape index (κ1) is 29.2. The molecule has 0 spiro atoms. The van der Waals surface area contributed by atoms with E-state index in [0.29, 0.717) is 32.1 Å². The van der Waals surface area contributed by atoms with Gasteiger partial charge in [-0.3, -0.25) is 14.4 Å². The lowest BCUT2D eigenvalue weighted by Crippen LogP contribution is -2.42. The number of morpholine rings is 1. The fraction of sp³-hybridized carbons (Fsp3) is 0.467. The van der Waals surface area contributed by atoms with E-state index < -0.39 is 5.82 Å². The SMILES string of the molecule is NCC(CN1CCC(Oc2cc(F)cc(C(=O)NCCN3CCOCC3)c2)CC1)n1cc(-c2ncnc3[nH]ccc23)cn1. The number of fused-ring (bicyclic) bond motifs is 1. The van der Waals surface area contributed by atoms with Gasteiger partial charge in [0.25, 0.3) is 5.91 Å². The molecule has 12 nitrogen and oxygen atoms in total. The highest BCUT2D eigenvalue weighted by Gasteiger charge is 2.24. The van der Waals surface area contributed by atoms with E-state index in [4.69, 9.17) is 15.2 Å². The van der Waals surface area contributed by atoms with Crippen LogP contribution in [0.5, 0.6) is 5.75 Å². The van der Waals surface area contributed by atoms with E-state index >= 15 is 0 Å². The van der Waals surface area contributed by atoms with Crippen LogP contribution in [0.4, 0.5) is 4.39 Å². The minimum Gasteiger partial charge on any atom is -0.490 e. The van der Waals surface area contributed by atoms with Gasteiger partial charge >= 0.3 is 0 Å². The smallest absolute Gasteiger partial charge is 0.251 e. The van der Waals surface area contributed by atoms with E-state index in [9.17, 15) is 9.18 Å². The second-order valence-electron chi connectivity index (χ2n) is 11.1. The number of hydrogen-bond acceptors (Lipinski definition) is 9. The van der Waals surface area contributed by atoms with Crippen LogP contribution < -0.4 is 15.8 Å². The molecule has 6 rings (SSSR count). The van der Waals surface area contributed by atoms with Gasteiger partial charge in [0, 0.05) is 87.3 Å². The first-order chi connectivity index (χ1) is 21.1. The highest BCUT2D eigenvalue weighted by Crippen LogP contribution is 2.26. The molecule has 1 amide bonds. The van der Waals surface area contributed by atoms with Crippen molar-refractivity contribution in [1.82, 2.24) is 39.8 Å². The van der Waals surface area contributed by atoms with Gasteiger partial charge in [-0.15, -0.1) is 0 Å². The molecule has 4 aromatic rings. The lowest BCUT2D eigenvalue weighted by atomic mass is 10.1. The molecule has 43 heavy (non-hydrogen) atoms. The number of nitrogens with two attached hydrogens (primary N) is 1. The number of aromatic nitrogens is 5. The highest BCUT2D eigenvalue weighted by atomic mass is 19.1. The molecule has 13 heteroatoms. The highest BCUT2D eigenvalue weighted by molar-refractivity contribution is 5.94. The fourth-order valence-electron chi connectivity index (χ4n) is 5.75. The Bertz CT molecular complexity index is 1510. The summed E-state index contributed by atoms with van der Waals surface area (Å²) in [5.74, 6) is -0.418. The number of carbonyl (C=O) groups is 1. The number of likely N-dealkylation sites (tertiary alicyclic amines) is 1. The largest absolute Gasteiger partial charge is 0.490 e. The molecule has 2 fully saturated rings.